The number of ether oxygens (including phenoxy) is 2. The van der Waals surface area contributed by atoms with Gasteiger partial charge in [0.25, 0.3) is 0 Å². The fourth-order valence-corrected chi connectivity index (χ4v) is 5.70. The molecule has 1 aliphatic rings. The van der Waals surface area contributed by atoms with Gasteiger partial charge < -0.3 is 19.5 Å². The van der Waals surface area contributed by atoms with Crippen LogP contribution >= 0.6 is 0 Å². The van der Waals surface area contributed by atoms with E-state index in [2.05, 4.69) is 0 Å². The minimum atomic E-state index is -3.98. The number of carbonyl (C=O) groups is 1. The molecule has 1 heterocycles. The number of hydrogen-bond donors (Lipinski definition) is 1. The van der Waals surface area contributed by atoms with Crippen molar-refractivity contribution >= 4 is 15.9 Å². The van der Waals surface area contributed by atoms with E-state index in [0.29, 0.717) is 11.1 Å². The van der Waals surface area contributed by atoms with Gasteiger partial charge >= 0.3 is 0 Å². The Labute approximate surface area is 199 Å². The lowest BCUT2D eigenvalue weighted by Gasteiger charge is -2.37. The van der Waals surface area contributed by atoms with E-state index in [0.717, 1.165) is 0 Å². The van der Waals surface area contributed by atoms with E-state index in [1.165, 1.54) is 34.5 Å². The fraction of sp³-hybridized carbons (Fsp3) is 0.458. The molecular formula is C24H31FN2O6S. The second-order valence-electron chi connectivity index (χ2n) is 8.62. The molecule has 10 heteroatoms. The highest BCUT2D eigenvalue weighted by atomic mass is 32.2. The SMILES string of the molecule is COCC(=O)N(C)C[C@@H]1Oc2cc(-c3ccc(F)cc3)ccc2S(=O)(=O)N([C@H](C)CO)C[C@H]1C. The quantitative estimate of drug-likeness (QED) is 0.635. The number of hydrogen-bond acceptors (Lipinski definition) is 6. The molecule has 0 unspecified atom stereocenters. The lowest BCUT2D eigenvalue weighted by atomic mass is 10.0. The highest BCUT2D eigenvalue weighted by molar-refractivity contribution is 7.89. The summed E-state index contributed by atoms with van der Waals surface area (Å²) in [7, 11) is -0.908. The van der Waals surface area contributed by atoms with E-state index in [1.807, 2.05) is 6.92 Å². The Bertz CT molecular complexity index is 1110. The molecule has 8 nitrogen and oxygen atoms in total. The van der Waals surface area contributed by atoms with Crippen LogP contribution < -0.4 is 4.74 Å². The van der Waals surface area contributed by atoms with Crippen molar-refractivity contribution in [3.63, 3.8) is 0 Å². The number of fused-ring (bicyclic) bond motifs is 1. The molecule has 2 aromatic carbocycles. The van der Waals surface area contributed by atoms with Crippen molar-refractivity contribution in [1.29, 1.82) is 0 Å². The summed E-state index contributed by atoms with van der Waals surface area (Å²) in [5.41, 5.74) is 1.36. The molecule has 3 atom stereocenters. The molecule has 0 radical (unpaired) electrons. The van der Waals surface area contributed by atoms with Crippen molar-refractivity contribution in [2.24, 2.45) is 5.92 Å². The molecule has 3 rings (SSSR count). The van der Waals surface area contributed by atoms with Crippen LogP contribution in [0, 0.1) is 11.7 Å². The van der Waals surface area contributed by atoms with E-state index in [9.17, 15) is 22.7 Å². The lowest BCUT2D eigenvalue weighted by molar-refractivity contribution is -0.135. The molecule has 2 aromatic rings. The number of amides is 1. The molecule has 0 saturated heterocycles. The van der Waals surface area contributed by atoms with Gasteiger partial charge in [0.2, 0.25) is 15.9 Å². The molecule has 1 N–H and O–H groups in total. The van der Waals surface area contributed by atoms with Gasteiger partial charge in [0.15, 0.2) is 0 Å². The number of halogens is 1. The zero-order valence-corrected chi connectivity index (χ0v) is 20.6. The van der Waals surface area contributed by atoms with Crippen LogP contribution in [0.4, 0.5) is 4.39 Å². The first-order chi connectivity index (χ1) is 16.1. The number of carbonyl (C=O) groups excluding carboxylic acids is 1. The highest BCUT2D eigenvalue weighted by Gasteiger charge is 2.38. The predicted octanol–water partition coefficient (Wildman–Crippen LogP) is 2.37. The zero-order valence-electron chi connectivity index (χ0n) is 19.8. The number of likely N-dealkylation sites (N-methyl/N-ethyl adjacent to an activating group) is 1. The lowest BCUT2D eigenvalue weighted by Crippen LogP contribution is -2.50. The molecule has 1 amide bonds. The van der Waals surface area contributed by atoms with Gasteiger partial charge in [-0.3, -0.25) is 4.79 Å². The van der Waals surface area contributed by atoms with Crippen LogP contribution in [0.5, 0.6) is 5.75 Å². The van der Waals surface area contributed by atoms with Gasteiger partial charge in [-0.2, -0.15) is 4.31 Å². The summed E-state index contributed by atoms with van der Waals surface area (Å²) < 4.78 is 52.9. The molecule has 0 spiro atoms. The van der Waals surface area contributed by atoms with Gasteiger partial charge in [0.1, 0.15) is 29.2 Å². The van der Waals surface area contributed by atoms with Crippen LogP contribution in [0.1, 0.15) is 13.8 Å². The summed E-state index contributed by atoms with van der Waals surface area (Å²) in [5, 5.41) is 9.74. The van der Waals surface area contributed by atoms with Gasteiger partial charge in [-0.15, -0.1) is 0 Å². The maximum absolute atomic E-state index is 13.5. The zero-order chi connectivity index (χ0) is 25.0. The Morgan fingerprint density at radius 3 is 2.53 bits per heavy atom. The van der Waals surface area contributed by atoms with Gasteiger partial charge in [0, 0.05) is 32.7 Å². The van der Waals surface area contributed by atoms with Gasteiger partial charge in [0.05, 0.1) is 13.2 Å². The fourth-order valence-electron chi connectivity index (χ4n) is 3.87. The van der Waals surface area contributed by atoms with Crippen molar-refractivity contribution < 1.29 is 32.2 Å². The van der Waals surface area contributed by atoms with Crippen molar-refractivity contribution in [1.82, 2.24) is 9.21 Å². The second kappa shape index (κ2) is 10.8. The molecule has 1 aliphatic heterocycles. The Morgan fingerprint density at radius 1 is 1.26 bits per heavy atom. The summed E-state index contributed by atoms with van der Waals surface area (Å²) in [5.74, 6) is -0.765. The molecule has 0 aliphatic carbocycles. The normalized spacial score (nSPS) is 21.0. The van der Waals surface area contributed by atoms with Crippen LogP contribution in [0.2, 0.25) is 0 Å². The van der Waals surface area contributed by atoms with Crippen molar-refractivity contribution in [2.45, 2.75) is 30.9 Å². The van der Waals surface area contributed by atoms with E-state index in [4.69, 9.17) is 9.47 Å². The number of aliphatic hydroxyl groups is 1. The topological polar surface area (TPSA) is 96.4 Å². The Balaban J connectivity index is 2.08. The summed E-state index contributed by atoms with van der Waals surface area (Å²) >= 11 is 0. The predicted molar refractivity (Wildman–Crippen MR) is 125 cm³/mol. The first-order valence-electron chi connectivity index (χ1n) is 11.0. The summed E-state index contributed by atoms with van der Waals surface area (Å²) in [6.45, 7) is 3.39. The largest absolute Gasteiger partial charge is 0.487 e. The van der Waals surface area contributed by atoms with E-state index >= 15 is 0 Å². The van der Waals surface area contributed by atoms with Gasteiger partial charge in [-0.05, 0) is 42.3 Å². The van der Waals surface area contributed by atoms with E-state index in [1.54, 1.807) is 38.2 Å². The number of sulfonamides is 1. The monoisotopic (exact) mass is 494 g/mol. The second-order valence-corrected chi connectivity index (χ2v) is 10.5. The number of benzene rings is 2. The number of methoxy groups -OCH3 is 1. The van der Waals surface area contributed by atoms with Crippen molar-refractivity contribution in [2.75, 3.05) is 40.5 Å². The Morgan fingerprint density at radius 2 is 1.91 bits per heavy atom. The van der Waals surface area contributed by atoms with Gasteiger partial charge in [-0.1, -0.05) is 25.1 Å². The molecule has 0 fully saturated rings. The summed E-state index contributed by atoms with van der Waals surface area (Å²) in [4.78, 5) is 13.8. The third-order valence-corrected chi connectivity index (χ3v) is 8.01. The molecular weight excluding hydrogens is 463 g/mol. The maximum atomic E-state index is 13.5. The van der Waals surface area contributed by atoms with Gasteiger partial charge in [-0.25, -0.2) is 12.8 Å². The number of rotatable bonds is 7. The number of aliphatic hydroxyl groups excluding tert-OH is 1. The number of nitrogens with zero attached hydrogens (tertiary/aromatic N) is 2. The minimum absolute atomic E-state index is 0.0265. The maximum Gasteiger partial charge on any atom is 0.248 e. The smallest absolute Gasteiger partial charge is 0.248 e. The van der Waals surface area contributed by atoms with Crippen LogP contribution in [-0.4, -0.2) is 81.2 Å². The van der Waals surface area contributed by atoms with Crippen LogP contribution in [0.15, 0.2) is 47.4 Å². The molecule has 0 saturated carbocycles. The van der Waals surface area contributed by atoms with E-state index in [-0.39, 0.29) is 54.6 Å². The third kappa shape index (κ3) is 5.57. The standard InChI is InChI=1S/C24H31FN2O6S/c1-16-12-27(17(2)14-28)34(30,31)23-10-7-19(18-5-8-20(25)9-6-18)11-21(23)33-22(16)13-26(3)24(29)15-32-4/h5-11,16-17,22,28H,12-15H2,1-4H3/t16-,17-,22+/m1/s1. The van der Waals surface area contributed by atoms with Crippen molar-refractivity contribution in [3.05, 3.63) is 48.3 Å². The average molecular weight is 495 g/mol. The van der Waals surface area contributed by atoms with Crippen LogP contribution in [0.25, 0.3) is 11.1 Å². The molecule has 0 bridgehead atoms. The van der Waals surface area contributed by atoms with Crippen LogP contribution in [-0.2, 0) is 19.6 Å². The third-order valence-electron chi connectivity index (χ3n) is 5.99. The first kappa shape index (κ1) is 26.1. The van der Waals surface area contributed by atoms with Crippen LogP contribution in [0.3, 0.4) is 0 Å². The Kier molecular flexibility index (Phi) is 8.29. The summed E-state index contributed by atoms with van der Waals surface area (Å²) in [6, 6.07) is 9.94. The first-order valence-corrected chi connectivity index (χ1v) is 12.4. The van der Waals surface area contributed by atoms with E-state index < -0.39 is 22.2 Å². The average Bonchev–Trinajstić information content (AvgIpc) is 2.81. The highest BCUT2D eigenvalue weighted by Crippen LogP contribution is 2.36. The molecule has 0 aromatic heterocycles. The minimum Gasteiger partial charge on any atom is -0.487 e. The Hall–Kier alpha value is -2.53. The molecule has 34 heavy (non-hydrogen) atoms. The summed E-state index contributed by atoms with van der Waals surface area (Å²) in [6.07, 6.45) is -0.531. The van der Waals surface area contributed by atoms with Crippen molar-refractivity contribution in [3.8, 4) is 16.9 Å². The molecule has 186 valence electrons.